The summed E-state index contributed by atoms with van der Waals surface area (Å²) in [5.41, 5.74) is 5.29. The van der Waals surface area contributed by atoms with E-state index in [2.05, 4.69) is 17.9 Å². The number of amides is 1. The van der Waals surface area contributed by atoms with Gasteiger partial charge in [0.15, 0.2) is 0 Å². The summed E-state index contributed by atoms with van der Waals surface area (Å²) in [6.45, 7) is 0.562. The Morgan fingerprint density at radius 2 is 2.21 bits per heavy atom. The monoisotopic (exact) mass is 286 g/mol. The number of carbonyl (C=O) groups excluding carboxylic acids is 1. The van der Waals surface area contributed by atoms with Gasteiger partial charge in [0.1, 0.15) is 0 Å². The van der Waals surface area contributed by atoms with Crippen molar-refractivity contribution in [1.29, 1.82) is 0 Å². The van der Waals surface area contributed by atoms with Gasteiger partial charge in [0.05, 0.1) is 0 Å². The first-order valence-electron chi connectivity index (χ1n) is 4.02. The number of carboxylic acid groups (broad SMARTS) is 1. The molecule has 0 radical (unpaired) electrons. The van der Waals surface area contributed by atoms with Crippen molar-refractivity contribution in [3.63, 3.8) is 0 Å². The number of thiol groups is 1. The number of nitrogens with one attached hydrogen (secondary N) is 1. The van der Waals surface area contributed by atoms with Crippen LogP contribution in [0.25, 0.3) is 0 Å². The minimum atomic E-state index is -1.00. The predicted octanol–water partition coefficient (Wildman–Crippen LogP) is -1.01. The molecule has 7 heteroatoms. The van der Waals surface area contributed by atoms with Gasteiger partial charge < -0.3 is 0 Å². The van der Waals surface area contributed by atoms with E-state index in [0.717, 1.165) is 5.32 Å². The van der Waals surface area contributed by atoms with E-state index in [1.54, 1.807) is 0 Å². The SMILES string of the molecule is NCC[Se]CC(NC(=O)CS)C(=O)O. The van der Waals surface area contributed by atoms with Crippen LogP contribution < -0.4 is 11.1 Å². The fraction of sp³-hybridized carbons (Fsp3) is 0.714. The molecule has 82 valence electrons. The molecular weight excluding hydrogens is 271 g/mol. The topological polar surface area (TPSA) is 92.4 Å². The maximum absolute atomic E-state index is 10.9. The Hall–Kier alpha value is -0.231. The Kier molecular flexibility index (Phi) is 7.98. The molecule has 0 fully saturated rings. The van der Waals surface area contributed by atoms with Crippen LogP contribution >= 0.6 is 12.6 Å². The number of hydrogen-bond donors (Lipinski definition) is 4. The second-order valence-corrected chi connectivity index (χ2v) is 5.21. The molecular formula is C7H14N2O3SSe. The van der Waals surface area contributed by atoms with Crippen molar-refractivity contribution in [3.05, 3.63) is 0 Å². The molecule has 0 bridgehead atoms. The van der Waals surface area contributed by atoms with Gasteiger partial charge in [0.2, 0.25) is 0 Å². The Labute approximate surface area is 94.4 Å². The fourth-order valence-corrected chi connectivity index (χ4v) is 2.46. The van der Waals surface area contributed by atoms with Crippen LogP contribution in [0.1, 0.15) is 0 Å². The van der Waals surface area contributed by atoms with Crippen LogP contribution in [0.4, 0.5) is 0 Å². The molecule has 0 saturated carbocycles. The number of nitrogens with two attached hydrogens (primary N) is 1. The fourth-order valence-electron chi connectivity index (χ4n) is 0.699. The maximum atomic E-state index is 10.9. The third-order valence-electron chi connectivity index (χ3n) is 1.32. The number of carboxylic acids is 1. The van der Waals surface area contributed by atoms with Crippen molar-refractivity contribution in [2.75, 3.05) is 12.3 Å². The molecule has 1 unspecified atom stereocenters. The average molecular weight is 285 g/mol. The Morgan fingerprint density at radius 3 is 2.64 bits per heavy atom. The van der Waals surface area contributed by atoms with E-state index < -0.39 is 12.0 Å². The zero-order valence-electron chi connectivity index (χ0n) is 7.60. The number of hydrogen-bond acceptors (Lipinski definition) is 4. The van der Waals surface area contributed by atoms with Crippen molar-refractivity contribution >= 4 is 39.5 Å². The summed E-state index contributed by atoms with van der Waals surface area (Å²) in [5, 5.41) is 12.4. The number of rotatable bonds is 7. The van der Waals surface area contributed by atoms with E-state index >= 15 is 0 Å². The molecule has 0 aliphatic carbocycles. The second kappa shape index (κ2) is 8.11. The van der Waals surface area contributed by atoms with Crippen molar-refractivity contribution in [2.24, 2.45) is 5.73 Å². The van der Waals surface area contributed by atoms with Crippen LogP contribution in [0.5, 0.6) is 0 Å². The van der Waals surface area contributed by atoms with Gasteiger partial charge in [0, 0.05) is 0 Å². The molecule has 0 heterocycles. The zero-order valence-corrected chi connectivity index (χ0v) is 10.2. The molecule has 0 saturated heterocycles. The van der Waals surface area contributed by atoms with Crippen LogP contribution in [0.15, 0.2) is 0 Å². The van der Waals surface area contributed by atoms with Crippen LogP contribution in [0, 0.1) is 0 Å². The summed E-state index contributed by atoms with van der Waals surface area (Å²) < 4.78 is 0. The Bertz CT molecular complexity index is 203. The van der Waals surface area contributed by atoms with Crippen molar-refractivity contribution in [1.82, 2.24) is 5.32 Å². The van der Waals surface area contributed by atoms with Crippen LogP contribution in [-0.2, 0) is 9.59 Å². The molecule has 1 amide bonds. The Balaban J connectivity index is 3.90. The molecule has 1 atom stereocenters. The van der Waals surface area contributed by atoms with E-state index in [1.807, 2.05) is 0 Å². The van der Waals surface area contributed by atoms with Gasteiger partial charge in [0.25, 0.3) is 0 Å². The van der Waals surface area contributed by atoms with E-state index in [-0.39, 0.29) is 26.6 Å². The number of aliphatic carboxylic acids is 1. The summed E-state index contributed by atoms with van der Waals surface area (Å²) in [4.78, 5) is 21.6. The van der Waals surface area contributed by atoms with E-state index in [1.165, 1.54) is 0 Å². The standard InChI is InChI=1S/C7H14N2O3SSe/c8-1-2-14-4-5(7(11)12)9-6(10)3-13/h5,13H,1-4,8H2,(H,9,10)(H,11,12). The van der Waals surface area contributed by atoms with E-state index in [9.17, 15) is 9.59 Å². The third kappa shape index (κ3) is 6.26. The molecule has 0 aliphatic rings. The summed E-state index contributed by atoms with van der Waals surface area (Å²) in [5.74, 6) is -1.35. The van der Waals surface area contributed by atoms with Gasteiger partial charge in [-0.05, 0) is 0 Å². The average Bonchev–Trinajstić information content (AvgIpc) is 2.16. The van der Waals surface area contributed by atoms with Gasteiger partial charge in [-0.1, -0.05) is 0 Å². The zero-order chi connectivity index (χ0) is 11.0. The molecule has 4 N–H and O–H groups in total. The first-order chi connectivity index (χ1) is 6.61. The number of carbonyl (C=O) groups is 2. The molecule has 0 rings (SSSR count). The third-order valence-corrected chi connectivity index (χ3v) is 3.90. The van der Waals surface area contributed by atoms with Crippen molar-refractivity contribution in [2.45, 2.75) is 16.7 Å². The summed E-state index contributed by atoms with van der Waals surface area (Å²) in [6.07, 6.45) is 0. The van der Waals surface area contributed by atoms with E-state index in [0.29, 0.717) is 11.9 Å². The van der Waals surface area contributed by atoms with Crippen molar-refractivity contribution < 1.29 is 14.7 Å². The van der Waals surface area contributed by atoms with Gasteiger partial charge in [-0.3, -0.25) is 0 Å². The quantitative estimate of drug-likeness (QED) is 0.274. The van der Waals surface area contributed by atoms with Crippen LogP contribution in [0.2, 0.25) is 10.6 Å². The summed E-state index contributed by atoms with van der Waals surface area (Å²) in [6, 6.07) is -0.791. The molecule has 0 aliphatic heterocycles. The molecule has 0 aromatic rings. The first-order valence-corrected chi connectivity index (χ1v) is 7.08. The summed E-state index contributed by atoms with van der Waals surface area (Å²) in [7, 11) is 0. The molecule has 14 heavy (non-hydrogen) atoms. The van der Waals surface area contributed by atoms with Crippen molar-refractivity contribution in [3.8, 4) is 0 Å². The first kappa shape index (κ1) is 13.8. The molecule has 0 aromatic carbocycles. The molecule has 5 nitrogen and oxygen atoms in total. The van der Waals surface area contributed by atoms with E-state index in [4.69, 9.17) is 10.8 Å². The van der Waals surface area contributed by atoms with Gasteiger partial charge in [-0.2, -0.15) is 0 Å². The predicted molar refractivity (Wildman–Crippen MR) is 57.8 cm³/mol. The molecule has 0 aromatic heterocycles. The van der Waals surface area contributed by atoms with Gasteiger partial charge in [-0.25, -0.2) is 0 Å². The van der Waals surface area contributed by atoms with Gasteiger partial charge >= 0.3 is 94.2 Å². The summed E-state index contributed by atoms with van der Waals surface area (Å²) >= 11 is 3.92. The normalized spacial score (nSPS) is 12.1. The molecule has 0 spiro atoms. The Morgan fingerprint density at radius 1 is 1.57 bits per heavy atom. The van der Waals surface area contributed by atoms with Gasteiger partial charge in [-0.15, -0.1) is 0 Å². The van der Waals surface area contributed by atoms with Crippen LogP contribution in [0.3, 0.4) is 0 Å². The minimum absolute atomic E-state index is 0.00761. The second-order valence-electron chi connectivity index (χ2n) is 2.48. The van der Waals surface area contributed by atoms with Crippen LogP contribution in [-0.4, -0.2) is 50.3 Å².